The highest BCUT2D eigenvalue weighted by Crippen LogP contribution is 2.48. The molecule has 3 rings (SSSR count). The highest BCUT2D eigenvalue weighted by atomic mass is 32.2. The van der Waals surface area contributed by atoms with Gasteiger partial charge >= 0.3 is 12.1 Å². The molecule has 7 heteroatoms. The van der Waals surface area contributed by atoms with Gasteiger partial charge in [-0.05, 0) is 37.5 Å². The highest BCUT2D eigenvalue weighted by Gasteiger charge is 2.39. The molecule has 0 aromatic heterocycles. The Morgan fingerprint density at radius 2 is 1.31 bits per heavy atom. The fourth-order valence-electron chi connectivity index (χ4n) is 4.11. The molecule has 0 aliphatic carbocycles. The fraction of sp³-hybridized carbons (Fsp3) is 0.281. The number of carbonyl (C=O) groups is 3. The Morgan fingerprint density at radius 1 is 0.846 bits per heavy atom. The molecule has 3 aromatic rings. The number of ketones is 1. The molecule has 0 saturated heterocycles. The van der Waals surface area contributed by atoms with Crippen LogP contribution < -0.4 is 5.32 Å². The number of hydrogen-bond acceptors (Lipinski definition) is 6. The van der Waals surface area contributed by atoms with Crippen LogP contribution >= 0.6 is 11.8 Å². The van der Waals surface area contributed by atoms with Crippen molar-refractivity contribution in [3.8, 4) is 0 Å². The van der Waals surface area contributed by atoms with E-state index in [2.05, 4.69) is 48.3 Å². The molecular weight excluding hydrogens is 510 g/mol. The van der Waals surface area contributed by atoms with Gasteiger partial charge < -0.3 is 14.8 Å². The fourth-order valence-corrected chi connectivity index (χ4v) is 5.70. The number of nitrogens with one attached hydrogen (secondary N) is 1. The highest BCUT2D eigenvalue weighted by molar-refractivity contribution is 8.00. The van der Waals surface area contributed by atoms with E-state index in [-0.39, 0.29) is 12.4 Å². The van der Waals surface area contributed by atoms with Crippen LogP contribution in [0.3, 0.4) is 0 Å². The number of alkyl carbamates (subject to hydrolysis) is 1. The van der Waals surface area contributed by atoms with Crippen LogP contribution in [0.4, 0.5) is 4.79 Å². The summed E-state index contributed by atoms with van der Waals surface area (Å²) in [6.07, 6.45) is 0.220. The Kier molecular flexibility index (Phi) is 10.5. The zero-order valence-electron chi connectivity index (χ0n) is 22.6. The summed E-state index contributed by atoms with van der Waals surface area (Å²) in [5, 5.41) is 2.70. The zero-order chi connectivity index (χ0) is 28.3. The van der Waals surface area contributed by atoms with Gasteiger partial charge in [-0.25, -0.2) is 4.79 Å². The van der Waals surface area contributed by atoms with E-state index >= 15 is 0 Å². The van der Waals surface area contributed by atoms with Gasteiger partial charge in [0, 0.05) is 5.75 Å². The van der Waals surface area contributed by atoms with Crippen molar-refractivity contribution in [3.63, 3.8) is 0 Å². The number of rotatable bonds is 12. The van der Waals surface area contributed by atoms with Gasteiger partial charge in [0.25, 0.3) is 0 Å². The van der Waals surface area contributed by atoms with E-state index in [0.717, 1.165) is 16.7 Å². The van der Waals surface area contributed by atoms with E-state index in [1.54, 1.807) is 20.8 Å². The van der Waals surface area contributed by atoms with Crippen LogP contribution in [0.15, 0.2) is 104 Å². The molecular formula is C32H35NO5S. The number of carbonyl (C=O) groups excluding carboxylic acids is 3. The average molecular weight is 546 g/mol. The molecule has 1 unspecified atom stereocenters. The third kappa shape index (κ3) is 8.32. The van der Waals surface area contributed by atoms with Crippen LogP contribution in [0.5, 0.6) is 0 Å². The minimum absolute atomic E-state index is 0.00412. The molecule has 0 spiro atoms. The number of hydrogen-bond donors (Lipinski definition) is 1. The lowest BCUT2D eigenvalue weighted by Gasteiger charge is -2.36. The van der Waals surface area contributed by atoms with E-state index < -0.39 is 40.7 Å². The van der Waals surface area contributed by atoms with Crippen molar-refractivity contribution < 1.29 is 23.9 Å². The van der Waals surface area contributed by atoms with Crippen molar-refractivity contribution in [2.45, 2.75) is 43.6 Å². The monoisotopic (exact) mass is 545 g/mol. The number of ether oxygens (including phenoxy) is 2. The number of amides is 1. The molecule has 39 heavy (non-hydrogen) atoms. The van der Waals surface area contributed by atoms with Crippen molar-refractivity contribution >= 4 is 29.6 Å². The average Bonchev–Trinajstić information content (AvgIpc) is 2.92. The topological polar surface area (TPSA) is 81.7 Å². The molecule has 0 aliphatic rings. The third-order valence-electron chi connectivity index (χ3n) is 5.77. The normalized spacial score (nSPS) is 12.2. The minimum atomic E-state index is -1.00. The van der Waals surface area contributed by atoms with Gasteiger partial charge in [0.15, 0.2) is 5.78 Å². The van der Waals surface area contributed by atoms with Gasteiger partial charge in [0.05, 0.1) is 4.75 Å². The summed E-state index contributed by atoms with van der Waals surface area (Å²) in [5.41, 5.74) is 2.29. The SMILES string of the molecule is C=CCOC(=O)CC(=O)C(CSC(c1ccccc1)(c1ccccc1)c1ccccc1)NC(=O)OC(C)(C)C. The first-order chi connectivity index (χ1) is 18.7. The first-order valence-electron chi connectivity index (χ1n) is 12.7. The molecule has 204 valence electrons. The van der Waals surface area contributed by atoms with Gasteiger partial charge in [0.1, 0.15) is 24.7 Å². The van der Waals surface area contributed by atoms with E-state index in [0.29, 0.717) is 0 Å². The second-order valence-electron chi connectivity index (χ2n) is 9.90. The Morgan fingerprint density at radius 3 is 1.72 bits per heavy atom. The molecule has 0 aliphatic heterocycles. The Hall–Kier alpha value is -3.84. The summed E-state index contributed by atoms with van der Waals surface area (Å²) in [5.74, 6) is -0.974. The first-order valence-corrected chi connectivity index (χ1v) is 13.7. The number of esters is 1. The number of Topliss-reactive ketones (excluding diaryl/α,β-unsaturated/α-hetero) is 1. The molecule has 1 atom stereocenters. The van der Waals surface area contributed by atoms with Gasteiger partial charge in [0.2, 0.25) is 0 Å². The summed E-state index contributed by atoms with van der Waals surface area (Å²) >= 11 is 1.51. The second-order valence-corrected chi connectivity index (χ2v) is 11.1. The van der Waals surface area contributed by atoms with E-state index in [1.165, 1.54) is 17.8 Å². The second kappa shape index (κ2) is 13.8. The van der Waals surface area contributed by atoms with Crippen molar-refractivity contribution in [3.05, 3.63) is 120 Å². The van der Waals surface area contributed by atoms with E-state index in [4.69, 9.17) is 9.47 Å². The Labute approximate surface area is 234 Å². The number of benzene rings is 3. The molecule has 0 saturated carbocycles. The molecule has 3 aromatic carbocycles. The lowest BCUT2D eigenvalue weighted by Crippen LogP contribution is -2.46. The van der Waals surface area contributed by atoms with Crippen LogP contribution in [0.25, 0.3) is 0 Å². The maximum atomic E-state index is 13.3. The number of thioether (sulfide) groups is 1. The Balaban J connectivity index is 2.02. The Bertz CT molecular complexity index is 1140. The van der Waals surface area contributed by atoms with Crippen molar-refractivity contribution in [2.75, 3.05) is 12.4 Å². The van der Waals surface area contributed by atoms with E-state index in [9.17, 15) is 14.4 Å². The third-order valence-corrected chi connectivity index (χ3v) is 7.41. The van der Waals surface area contributed by atoms with Crippen molar-refractivity contribution in [2.24, 2.45) is 0 Å². The minimum Gasteiger partial charge on any atom is -0.461 e. The first kappa shape index (κ1) is 29.7. The van der Waals surface area contributed by atoms with Gasteiger partial charge in [-0.1, -0.05) is 104 Å². The maximum Gasteiger partial charge on any atom is 0.408 e. The molecule has 1 amide bonds. The molecule has 0 bridgehead atoms. The lowest BCUT2D eigenvalue weighted by atomic mass is 9.84. The van der Waals surface area contributed by atoms with Crippen molar-refractivity contribution in [1.82, 2.24) is 5.32 Å². The van der Waals surface area contributed by atoms with Crippen LogP contribution in [-0.4, -0.2) is 41.8 Å². The predicted molar refractivity (Wildman–Crippen MR) is 156 cm³/mol. The molecule has 0 fully saturated rings. The largest absolute Gasteiger partial charge is 0.461 e. The van der Waals surface area contributed by atoms with Gasteiger partial charge in [-0.15, -0.1) is 11.8 Å². The van der Waals surface area contributed by atoms with Gasteiger partial charge in [-0.2, -0.15) is 0 Å². The maximum absolute atomic E-state index is 13.3. The van der Waals surface area contributed by atoms with Crippen LogP contribution in [0.1, 0.15) is 43.9 Å². The van der Waals surface area contributed by atoms with Crippen LogP contribution in [-0.2, 0) is 23.8 Å². The smallest absolute Gasteiger partial charge is 0.408 e. The van der Waals surface area contributed by atoms with E-state index in [1.807, 2.05) is 54.6 Å². The van der Waals surface area contributed by atoms with Gasteiger partial charge in [-0.3, -0.25) is 9.59 Å². The zero-order valence-corrected chi connectivity index (χ0v) is 23.4. The quantitative estimate of drug-likeness (QED) is 0.125. The molecule has 0 radical (unpaired) electrons. The van der Waals surface area contributed by atoms with Crippen LogP contribution in [0.2, 0.25) is 0 Å². The van der Waals surface area contributed by atoms with Crippen molar-refractivity contribution in [1.29, 1.82) is 0 Å². The summed E-state index contributed by atoms with van der Waals surface area (Å²) in [7, 11) is 0. The summed E-state index contributed by atoms with van der Waals surface area (Å²) < 4.78 is 9.75. The molecule has 6 nitrogen and oxygen atoms in total. The summed E-state index contributed by atoms with van der Waals surface area (Å²) in [6, 6.07) is 29.1. The predicted octanol–water partition coefficient (Wildman–Crippen LogP) is 6.29. The molecule has 1 N–H and O–H groups in total. The lowest BCUT2D eigenvalue weighted by molar-refractivity contribution is -0.145. The molecule has 0 heterocycles. The van der Waals surface area contributed by atoms with Crippen LogP contribution in [0, 0.1) is 0 Å². The summed E-state index contributed by atoms with van der Waals surface area (Å²) in [6.45, 7) is 8.77. The standard InChI is InChI=1S/C32H35NO5S/c1-5-21-37-29(35)22-28(34)27(33-30(36)38-31(2,3)4)23-39-32(24-15-9-6-10-16-24,25-17-11-7-12-18-25)26-19-13-8-14-20-26/h5-20,27H,1,21-23H2,2-4H3,(H,33,36). The summed E-state index contributed by atoms with van der Waals surface area (Å²) in [4.78, 5) is 38.3.